The lowest BCUT2D eigenvalue weighted by atomic mass is 10.4. The lowest BCUT2D eigenvalue weighted by Crippen LogP contribution is -2.08. The third-order valence-corrected chi connectivity index (χ3v) is 2.61. The van der Waals surface area contributed by atoms with Crippen molar-refractivity contribution in [3.63, 3.8) is 0 Å². The maximum Gasteiger partial charge on any atom is 0.334 e. The van der Waals surface area contributed by atoms with Crippen LogP contribution in [0.15, 0.2) is 12.4 Å². The van der Waals surface area contributed by atoms with E-state index in [1.807, 2.05) is 6.92 Å². The fourth-order valence-corrected chi connectivity index (χ4v) is 1.83. The fraction of sp³-hybridized carbons (Fsp3) is 0.400. The highest BCUT2D eigenvalue weighted by Gasteiger charge is 2.26. The molecule has 0 saturated carbocycles. The average Bonchev–Trinajstić information content (AvgIpc) is 2.81. The predicted octanol–water partition coefficient (Wildman–Crippen LogP) is 1.61. The van der Waals surface area contributed by atoms with Crippen molar-refractivity contribution in [1.82, 2.24) is 19.3 Å². The Balaban J connectivity index is 2.74. The molecule has 0 aliphatic rings. The van der Waals surface area contributed by atoms with E-state index >= 15 is 0 Å². The Labute approximate surface area is 97.8 Å². The zero-order valence-electron chi connectivity index (χ0n) is 9.91. The van der Waals surface area contributed by atoms with E-state index in [9.17, 15) is 10.1 Å². The molecule has 0 N–H and O–H groups in total. The molecule has 7 nitrogen and oxygen atoms in total. The molecular weight excluding hydrogens is 222 g/mol. The molecule has 90 valence electrons. The number of aryl methyl sites for hydroxylation is 3. The molecule has 2 aromatic rings. The molecular formula is C10H13N5O2. The van der Waals surface area contributed by atoms with Gasteiger partial charge in [0.2, 0.25) is 5.82 Å². The van der Waals surface area contributed by atoms with Gasteiger partial charge in [-0.1, -0.05) is 0 Å². The lowest BCUT2D eigenvalue weighted by Gasteiger charge is -2.06. The van der Waals surface area contributed by atoms with E-state index in [0.717, 1.165) is 0 Å². The van der Waals surface area contributed by atoms with Crippen molar-refractivity contribution in [1.29, 1.82) is 0 Å². The molecule has 0 saturated heterocycles. The second-order valence-electron chi connectivity index (χ2n) is 3.67. The van der Waals surface area contributed by atoms with Gasteiger partial charge in [-0.15, -0.1) is 0 Å². The van der Waals surface area contributed by atoms with E-state index in [-0.39, 0.29) is 5.69 Å². The minimum absolute atomic E-state index is 0.0351. The van der Waals surface area contributed by atoms with Crippen molar-refractivity contribution in [2.75, 3.05) is 0 Å². The topological polar surface area (TPSA) is 78.8 Å². The summed E-state index contributed by atoms with van der Waals surface area (Å²) in [5, 5.41) is 15.3. The Morgan fingerprint density at radius 1 is 1.47 bits per heavy atom. The molecule has 7 heteroatoms. The SMILES string of the molecule is CCn1nc(C)c([N+](=O)[O-])c1-n1ccnc1C. The Kier molecular flexibility index (Phi) is 2.66. The largest absolute Gasteiger partial charge is 0.334 e. The predicted molar refractivity (Wildman–Crippen MR) is 61.2 cm³/mol. The minimum atomic E-state index is -0.400. The summed E-state index contributed by atoms with van der Waals surface area (Å²) in [5.41, 5.74) is 0.452. The summed E-state index contributed by atoms with van der Waals surface area (Å²) in [6.07, 6.45) is 3.31. The Morgan fingerprint density at radius 2 is 2.18 bits per heavy atom. The molecule has 2 aromatic heterocycles. The average molecular weight is 235 g/mol. The van der Waals surface area contributed by atoms with Crippen LogP contribution in [0.1, 0.15) is 18.4 Å². The number of hydrogen-bond acceptors (Lipinski definition) is 4. The number of rotatable bonds is 3. The molecule has 0 aliphatic heterocycles. The lowest BCUT2D eigenvalue weighted by molar-refractivity contribution is -0.385. The van der Waals surface area contributed by atoms with Gasteiger partial charge in [-0.25, -0.2) is 9.67 Å². The van der Waals surface area contributed by atoms with Gasteiger partial charge in [-0.3, -0.25) is 14.7 Å². The number of hydrogen-bond donors (Lipinski definition) is 0. The van der Waals surface area contributed by atoms with Gasteiger partial charge in [0.1, 0.15) is 11.5 Å². The van der Waals surface area contributed by atoms with Crippen molar-refractivity contribution < 1.29 is 4.92 Å². The van der Waals surface area contributed by atoms with E-state index in [1.165, 1.54) is 0 Å². The Hall–Kier alpha value is -2.18. The van der Waals surface area contributed by atoms with Crippen molar-refractivity contribution in [2.45, 2.75) is 27.3 Å². The fourth-order valence-electron chi connectivity index (χ4n) is 1.83. The third kappa shape index (κ3) is 1.69. The standard InChI is InChI=1S/C10H13N5O2/c1-4-14-10(13-6-5-11-8(13)3)9(15(16)17)7(2)12-14/h5-6H,4H2,1-3H3. The summed E-state index contributed by atoms with van der Waals surface area (Å²) < 4.78 is 3.30. The molecule has 0 unspecified atom stereocenters. The molecule has 2 rings (SSSR count). The highest BCUT2D eigenvalue weighted by atomic mass is 16.6. The van der Waals surface area contributed by atoms with Crippen LogP contribution in [0, 0.1) is 24.0 Å². The molecule has 0 spiro atoms. The normalized spacial score (nSPS) is 10.8. The molecule has 0 bridgehead atoms. The van der Waals surface area contributed by atoms with Gasteiger partial charge in [-0.05, 0) is 20.8 Å². The van der Waals surface area contributed by atoms with Crippen LogP contribution < -0.4 is 0 Å². The van der Waals surface area contributed by atoms with E-state index in [0.29, 0.717) is 23.9 Å². The summed E-state index contributed by atoms with van der Waals surface area (Å²) in [6.45, 7) is 5.90. The van der Waals surface area contributed by atoms with Crippen LogP contribution in [0.5, 0.6) is 0 Å². The van der Waals surface area contributed by atoms with Crippen LogP contribution in [0.2, 0.25) is 0 Å². The Bertz CT molecular complexity index is 569. The first-order valence-electron chi connectivity index (χ1n) is 5.28. The van der Waals surface area contributed by atoms with Gasteiger partial charge in [-0.2, -0.15) is 5.10 Å². The summed E-state index contributed by atoms with van der Waals surface area (Å²) in [6, 6.07) is 0. The van der Waals surface area contributed by atoms with Crippen molar-refractivity contribution in [3.05, 3.63) is 34.0 Å². The summed E-state index contributed by atoms with van der Waals surface area (Å²) >= 11 is 0. The van der Waals surface area contributed by atoms with Crippen LogP contribution in [-0.4, -0.2) is 24.3 Å². The van der Waals surface area contributed by atoms with Crippen LogP contribution in [0.3, 0.4) is 0 Å². The Morgan fingerprint density at radius 3 is 2.65 bits per heavy atom. The van der Waals surface area contributed by atoms with Gasteiger partial charge in [0.05, 0.1) is 4.92 Å². The molecule has 0 amide bonds. The monoisotopic (exact) mass is 235 g/mol. The molecule has 0 aromatic carbocycles. The van der Waals surface area contributed by atoms with Crippen LogP contribution in [0.4, 0.5) is 5.69 Å². The van der Waals surface area contributed by atoms with E-state index in [1.54, 1.807) is 35.5 Å². The number of aromatic nitrogens is 4. The molecule has 0 radical (unpaired) electrons. The zero-order chi connectivity index (χ0) is 12.6. The van der Waals surface area contributed by atoms with E-state index in [2.05, 4.69) is 10.1 Å². The molecule has 2 heterocycles. The van der Waals surface area contributed by atoms with E-state index < -0.39 is 4.92 Å². The summed E-state index contributed by atoms with van der Waals surface area (Å²) in [7, 11) is 0. The molecule has 0 aliphatic carbocycles. The summed E-state index contributed by atoms with van der Waals surface area (Å²) in [5.74, 6) is 1.16. The van der Waals surface area contributed by atoms with Crippen LogP contribution in [0.25, 0.3) is 5.82 Å². The van der Waals surface area contributed by atoms with Crippen molar-refractivity contribution in [3.8, 4) is 5.82 Å². The zero-order valence-corrected chi connectivity index (χ0v) is 9.91. The minimum Gasteiger partial charge on any atom is -0.283 e. The van der Waals surface area contributed by atoms with Crippen molar-refractivity contribution in [2.24, 2.45) is 0 Å². The maximum absolute atomic E-state index is 11.1. The highest BCUT2D eigenvalue weighted by Crippen LogP contribution is 2.27. The number of nitro groups is 1. The highest BCUT2D eigenvalue weighted by molar-refractivity contribution is 5.51. The van der Waals surface area contributed by atoms with Crippen LogP contribution >= 0.6 is 0 Å². The first-order valence-corrected chi connectivity index (χ1v) is 5.28. The van der Waals surface area contributed by atoms with Crippen LogP contribution in [-0.2, 0) is 6.54 Å². The van der Waals surface area contributed by atoms with Gasteiger partial charge in [0.25, 0.3) is 0 Å². The van der Waals surface area contributed by atoms with Gasteiger partial charge in [0.15, 0.2) is 0 Å². The molecule has 0 fully saturated rings. The smallest absolute Gasteiger partial charge is 0.283 e. The first-order chi connectivity index (χ1) is 8.06. The van der Waals surface area contributed by atoms with Gasteiger partial charge < -0.3 is 0 Å². The quantitative estimate of drug-likeness (QED) is 0.598. The summed E-state index contributed by atoms with van der Waals surface area (Å²) in [4.78, 5) is 14.8. The van der Waals surface area contributed by atoms with Gasteiger partial charge in [0, 0.05) is 18.9 Å². The second-order valence-corrected chi connectivity index (χ2v) is 3.67. The molecule has 17 heavy (non-hydrogen) atoms. The maximum atomic E-state index is 11.1. The van der Waals surface area contributed by atoms with Crippen molar-refractivity contribution >= 4 is 5.69 Å². The third-order valence-electron chi connectivity index (χ3n) is 2.61. The second kappa shape index (κ2) is 4.00. The number of imidazole rings is 1. The van der Waals surface area contributed by atoms with E-state index in [4.69, 9.17) is 0 Å². The number of nitrogens with zero attached hydrogens (tertiary/aromatic N) is 5. The first kappa shape index (κ1) is 11.3. The van der Waals surface area contributed by atoms with Gasteiger partial charge >= 0.3 is 5.69 Å². The molecule has 0 atom stereocenters.